The maximum absolute atomic E-state index is 13.9. The predicted octanol–water partition coefficient (Wildman–Crippen LogP) is 4.52. The van der Waals surface area contributed by atoms with E-state index in [1.807, 2.05) is 44.2 Å². The van der Waals surface area contributed by atoms with Gasteiger partial charge in [0.2, 0.25) is 11.8 Å². The fourth-order valence-corrected chi connectivity index (χ4v) is 7.78. The molecule has 0 radical (unpaired) electrons. The number of nitrogens with zero attached hydrogens (tertiary/aromatic N) is 1. The van der Waals surface area contributed by atoms with Crippen LogP contribution in [0, 0.1) is 23.2 Å². The fourth-order valence-electron chi connectivity index (χ4n) is 7.78. The third kappa shape index (κ3) is 6.46. The van der Waals surface area contributed by atoms with Crippen molar-refractivity contribution in [3.8, 4) is 0 Å². The van der Waals surface area contributed by atoms with Crippen LogP contribution >= 0.6 is 0 Å². The van der Waals surface area contributed by atoms with E-state index < -0.39 is 30.8 Å². The first-order chi connectivity index (χ1) is 20.1. The average Bonchev–Trinajstić information content (AvgIpc) is 3.50. The molecule has 236 valence electrons. The highest BCUT2D eigenvalue weighted by Crippen LogP contribution is 2.65. The first kappa shape index (κ1) is 31.8. The lowest BCUT2D eigenvalue weighted by Crippen LogP contribution is -2.65. The van der Waals surface area contributed by atoms with Crippen molar-refractivity contribution in [3.05, 3.63) is 35.9 Å². The summed E-state index contributed by atoms with van der Waals surface area (Å²) in [5.41, 5.74) is 0.202. The highest BCUT2D eigenvalue weighted by molar-refractivity contribution is 6.48. The number of aryl methyl sites for hydroxylation is 1. The van der Waals surface area contributed by atoms with Crippen LogP contribution in [0.3, 0.4) is 0 Å². The van der Waals surface area contributed by atoms with Crippen LogP contribution in [0.4, 0.5) is 4.79 Å². The Bertz CT molecular complexity index is 1200. The average molecular weight is 596 g/mol. The van der Waals surface area contributed by atoms with Crippen LogP contribution in [0.15, 0.2) is 30.3 Å². The quantitative estimate of drug-likeness (QED) is 0.428. The normalized spacial score (nSPS) is 31.7. The van der Waals surface area contributed by atoms with Gasteiger partial charge < -0.3 is 24.7 Å². The van der Waals surface area contributed by atoms with Gasteiger partial charge in [-0.15, -0.1) is 0 Å². The minimum absolute atomic E-state index is 0.00708. The summed E-state index contributed by atoms with van der Waals surface area (Å²) in [7, 11) is -0.570. The van der Waals surface area contributed by atoms with Crippen LogP contribution in [-0.4, -0.2) is 71.8 Å². The molecule has 9 nitrogen and oxygen atoms in total. The van der Waals surface area contributed by atoms with E-state index in [-0.39, 0.29) is 47.4 Å². The molecule has 3 aliphatic carbocycles. The first-order valence-electron chi connectivity index (χ1n) is 16.0. The minimum atomic E-state index is -0.790. The van der Waals surface area contributed by atoms with E-state index in [0.29, 0.717) is 31.1 Å². The van der Waals surface area contributed by atoms with Crippen LogP contribution in [0.25, 0.3) is 0 Å². The smallest absolute Gasteiger partial charge is 0.444 e. The van der Waals surface area contributed by atoms with E-state index in [4.69, 9.17) is 14.0 Å². The number of hydrogen-bond donors (Lipinski definition) is 2. The highest BCUT2D eigenvalue weighted by atomic mass is 16.7. The Balaban J connectivity index is 1.26. The zero-order valence-electron chi connectivity index (χ0n) is 27.1. The zero-order valence-corrected chi connectivity index (χ0v) is 27.1. The van der Waals surface area contributed by atoms with Crippen LogP contribution in [0.1, 0.15) is 86.6 Å². The molecule has 1 aromatic rings. The van der Waals surface area contributed by atoms with Crippen molar-refractivity contribution in [1.82, 2.24) is 15.5 Å². The lowest BCUT2D eigenvalue weighted by atomic mass is 9.43. The van der Waals surface area contributed by atoms with Crippen molar-refractivity contribution in [1.29, 1.82) is 0 Å². The number of rotatable bonds is 8. The third-order valence-electron chi connectivity index (χ3n) is 10.4. The number of carbonyl (C=O) groups is 3. The number of likely N-dealkylation sites (tertiary alicyclic amines) is 1. The highest BCUT2D eigenvalue weighted by Gasteiger charge is 2.68. The number of hydrogen-bond acceptors (Lipinski definition) is 6. The van der Waals surface area contributed by atoms with Gasteiger partial charge in [0.05, 0.1) is 17.6 Å². The summed E-state index contributed by atoms with van der Waals surface area (Å²) in [4.78, 5) is 41.5. The number of ether oxygens (including phenoxy) is 1. The van der Waals surface area contributed by atoms with Gasteiger partial charge in [0.1, 0.15) is 11.6 Å². The Morgan fingerprint density at radius 2 is 1.79 bits per heavy atom. The van der Waals surface area contributed by atoms with Crippen molar-refractivity contribution in [3.63, 3.8) is 0 Å². The van der Waals surface area contributed by atoms with Crippen molar-refractivity contribution in [2.24, 2.45) is 23.2 Å². The molecule has 7 atom stereocenters. The van der Waals surface area contributed by atoms with Crippen molar-refractivity contribution in [2.45, 2.75) is 123 Å². The second-order valence-electron chi connectivity index (χ2n) is 15.2. The first-order valence-corrected chi connectivity index (χ1v) is 16.0. The molecule has 2 aliphatic heterocycles. The second-order valence-corrected chi connectivity index (χ2v) is 15.2. The van der Waals surface area contributed by atoms with Gasteiger partial charge >= 0.3 is 13.2 Å². The summed E-state index contributed by atoms with van der Waals surface area (Å²) in [5, 5.41) is 6.24. The Morgan fingerprint density at radius 1 is 1.09 bits per heavy atom. The topological polar surface area (TPSA) is 106 Å². The summed E-state index contributed by atoms with van der Waals surface area (Å²) in [6.45, 7) is 16.5. The van der Waals surface area contributed by atoms with Gasteiger partial charge in [0.15, 0.2) is 0 Å². The fraction of sp³-hybridized carbons (Fsp3) is 0.727. The van der Waals surface area contributed by atoms with Gasteiger partial charge in [-0.2, -0.15) is 0 Å². The number of carbonyl (C=O) groups excluding carboxylic acids is 3. The predicted molar refractivity (Wildman–Crippen MR) is 165 cm³/mol. The molecule has 5 fully saturated rings. The molecule has 0 aromatic heterocycles. The largest absolute Gasteiger partial charge is 0.481 e. The van der Waals surface area contributed by atoms with E-state index >= 15 is 0 Å². The Labute approximate surface area is 257 Å². The maximum Gasteiger partial charge on any atom is 0.481 e. The van der Waals surface area contributed by atoms with Crippen LogP contribution in [-0.2, 0) is 30.1 Å². The molecule has 3 amide bonds. The van der Waals surface area contributed by atoms with E-state index in [0.717, 1.165) is 18.4 Å². The molecule has 2 bridgehead atoms. The monoisotopic (exact) mass is 595 g/mol. The molecule has 5 aliphatic rings. The summed E-state index contributed by atoms with van der Waals surface area (Å²) < 4.78 is 18.9. The molecule has 6 rings (SSSR count). The summed E-state index contributed by atoms with van der Waals surface area (Å²) in [6, 6.07) is 8.70. The Kier molecular flexibility index (Phi) is 8.68. The standard InChI is InChI=1S/C33H50BN3O6/c1-20(2)28(34-42-26-17-22-16-25(32(22,6)7)33(26,8)43-34)36-29(39)24-18-23(19-37(24)30(40)41-31(3,4)5)35-27(38)15-14-21-12-10-9-11-13-21/h9-13,20,22-26,28H,14-19H2,1-8H3,(H,35,38)(H,36,39)/t22-,23-,24-,25-,26+,28-,33-/m0/s1. The summed E-state index contributed by atoms with van der Waals surface area (Å²) in [6.07, 6.45) is 2.81. The molecule has 10 heteroatoms. The maximum atomic E-state index is 13.9. The SMILES string of the molecule is CC(C)[C@H](NC(=O)[C@@H]1C[C@H](NC(=O)CCc2ccccc2)CN1C(=O)OC(C)(C)C)B1O[C@@H]2C[C@@H]3C[C@@H](C3(C)C)[C@]2(C)O1. The van der Waals surface area contributed by atoms with Gasteiger partial charge in [-0.1, -0.05) is 58.0 Å². The van der Waals surface area contributed by atoms with E-state index in [1.165, 1.54) is 4.90 Å². The van der Waals surface area contributed by atoms with Crippen molar-refractivity contribution in [2.75, 3.05) is 6.54 Å². The van der Waals surface area contributed by atoms with Gasteiger partial charge in [-0.25, -0.2) is 4.79 Å². The molecule has 0 spiro atoms. The Morgan fingerprint density at radius 3 is 2.42 bits per heavy atom. The summed E-state index contributed by atoms with van der Waals surface area (Å²) in [5.74, 6) is 0.291. The molecule has 2 N–H and O–H groups in total. The van der Waals surface area contributed by atoms with E-state index in [1.54, 1.807) is 20.8 Å². The minimum Gasteiger partial charge on any atom is -0.444 e. The molecular formula is C33H50BN3O6. The van der Waals surface area contributed by atoms with Gasteiger partial charge in [-0.3, -0.25) is 14.5 Å². The Hall–Kier alpha value is -2.59. The van der Waals surface area contributed by atoms with Crippen LogP contribution < -0.4 is 10.6 Å². The molecule has 0 unspecified atom stereocenters. The lowest BCUT2D eigenvalue weighted by molar-refractivity contribution is -0.199. The van der Waals surface area contributed by atoms with Gasteiger partial charge in [-0.05, 0) is 82.1 Å². The van der Waals surface area contributed by atoms with Crippen molar-refractivity contribution >= 4 is 25.0 Å². The van der Waals surface area contributed by atoms with Gasteiger partial charge in [0, 0.05) is 19.0 Å². The third-order valence-corrected chi connectivity index (χ3v) is 10.4. The van der Waals surface area contributed by atoms with Crippen LogP contribution in [0.2, 0.25) is 0 Å². The van der Waals surface area contributed by atoms with Crippen molar-refractivity contribution < 1.29 is 28.4 Å². The zero-order chi connectivity index (χ0) is 31.3. The number of benzene rings is 1. The van der Waals surface area contributed by atoms with E-state index in [9.17, 15) is 14.4 Å². The van der Waals surface area contributed by atoms with Crippen LogP contribution in [0.5, 0.6) is 0 Å². The molecular weight excluding hydrogens is 545 g/mol. The van der Waals surface area contributed by atoms with Gasteiger partial charge in [0.25, 0.3) is 0 Å². The molecule has 1 aromatic carbocycles. The summed E-state index contributed by atoms with van der Waals surface area (Å²) >= 11 is 0. The molecule has 2 saturated heterocycles. The number of nitrogens with one attached hydrogen (secondary N) is 2. The molecule has 2 heterocycles. The molecule has 3 saturated carbocycles. The second kappa shape index (κ2) is 11.7. The molecule has 43 heavy (non-hydrogen) atoms. The number of amides is 3. The lowest BCUT2D eigenvalue weighted by Gasteiger charge is -2.64. The van der Waals surface area contributed by atoms with E-state index in [2.05, 4.69) is 31.4 Å².